The fourth-order valence-electron chi connectivity index (χ4n) is 3.07. The van der Waals surface area contributed by atoms with E-state index >= 15 is 0 Å². The van der Waals surface area contributed by atoms with Crippen molar-refractivity contribution in [3.8, 4) is 0 Å². The molecule has 4 nitrogen and oxygen atoms in total. The van der Waals surface area contributed by atoms with Crippen molar-refractivity contribution < 1.29 is 9.59 Å². The first-order valence-electron chi connectivity index (χ1n) is 6.69. The van der Waals surface area contributed by atoms with Crippen LogP contribution in [-0.4, -0.2) is 43.8 Å². The van der Waals surface area contributed by atoms with E-state index in [2.05, 4.69) is 4.90 Å². The molecule has 1 unspecified atom stereocenters. The van der Waals surface area contributed by atoms with Crippen molar-refractivity contribution in [2.45, 2.75) is 18.8 Å². The van der Waals surface area contributed by atoms with Gasteiger partial charge < -0.3 is 9.80 Å². The molecule has 1 atom stereocenters. The summed E-state index contributed by atoms with van der Waals surface area (Å²) in [7, 11) is 3.99. The van der Waals surface area contributed by atoms with Crippen LogP contribution in [0, 0.1) is 0 Å². The van der Waals surface area contributed by atoms with Crippen LogP contribution in [0.4, 0.5) is 5.69 Å². The summed E-state index contributed by atoms with van der Waals surface area (Å²) >= 11 is 0. The molecule has 1 aromatic rings. The smallest absolute Gasteiger partial charge is 0.227 e. The number of hydrogen-bond donors (Lipinski definition) is 0. The van der Waals surface area contributed by atoms with Crippen molar-refractivity contribution >= 4 is 17.4 Å². The lowest BCUT2D eigenvalue weighted by atomic mass is 9.91. The van der Waals surface area contributed by atoms with Gasteiger partial charge in [0.2, 0.25) is 5.91 Å². The van der Waals surface area contributed by atoms with Gasteiger partial charge in [-0.25, -0.2) is 0 Å². The molecule has 0 radical (unpaired) electrons. The zero-order valence-corrected chi connectivity index (χ0v) is 11.3. The largest absolute Gasteiger partial charge is 0.311 e. The molecule has 19 heavy (non-hydrogen) atoms. The topological polar surface area (TPSA) is 40.6 Å². The van der Waals surface area contributed by atoms with Crippen molar-refractivity contribution in [3.63, 3.8) is 0 Å². The first-order valence-corrected chi connectivity index (χ1v) is 6.69. The summed E-state index contributed by atoms with van der Waals surface area (Å²) in [6.07, 6.45) is 0.975. The van der Waals surface area contributed by atoms with Gasteiger partial charge in [0.25, 0.3) is 0 Å². The number of hydrogen-bond acceptors (Lipinski definition) is 3. The third kappa shape index (κ3) is 1.96. The van der Waals surface area contributed by atoms with Crippen LogP contribution in [0.25, 0.3) is 0 Å². The molecule has 0 saturated carbocycles. The van der Waals surface area contributed by atoms with Crippen LogP contribution in [0.1, 0.15) is 34.7 Å². The minimum absolute atomic E-state index is 0.113. The monoisotopic (exact) mass is 258 g/mol. The minimum atomic E-state index is 0.113. The maximum absolute atomic E-state index is 12.3. The maximum Gasteiger partial charge on any atom is 0.227 e. The molecule has 0 bridgehead atoms. The number of Topliss-reactive ketones (excluding diaryl/α,β-unsaturated/α-hetero) is 1. The Morgan fingerprint density at radius 3 is 2.79 bits per heavy atom. The lowest BCUT2D eigenvalue weighted by molar-refractivity contribution is -0.119. The fourth-order valence-corrected chi connectivity index (χ4v) is 3.07. The van der Waals surface area contributed by atoms with Crippen LogP contribution in [0.15, 0.2) is 18.2 Å². The number of carbonyl (C=O) groups is 2. The summed E-state index contributed by atoms with van der Waals surface area (Å²) in [6, 6.07) is 5.74. The molecule has 0 saturated heterocycles. The molecule has 1 heterocycles. The number of likely N-dealkylation sites (N-methyl/N-ethyl adjacent to an activating group) is 1. The van der Waals surface area contributed by atoms with Gasteiger partial charge in [-0.1, -0.05) is 12.1 Å². The third-order valence-electron chi connectivity index (χ3n) is 4.01. The molecule has 0 spiro atoms. The van der Waals surface area contributed by atoms with E-state index < -0.39 is 0 Å². The molecule has 3 rings (SSSR count). The summed E-state index contributed by atoms with van der Waals surface area (Å²) < 4.78 is 0. The van der Waals surface area contributed by atoms with Gasteiger partial charge >= 0.3 is 0 Å². The van der Waals surface area contributed by atoms with E-state index in [-0.39, 0.29) is 17.6 Å². The molecule has 2 aliphatic rings. The van der Waals surface area contributed by atoms with E-state index in [0.29, 0.717) is 19.4 Å². The first kappa shape index (κ1) is 12.4. The second-order valence-electron chi connectivity index (χ2n) is 5.62. The van der Waals surface area contributed by atoms with Crippen molar-refractivity contribution in [1.29, 1.82) is 0 Å². The summed E-state index contributed by atoms with van der Waals surface area (Å²) in [6.45, 7) is 1.51. The Kier molecular flexibility index (Phi) is 2.90. The number of carbonyl (C=O) groups excluding carboxylic acids is 2. The molecule has 1 aliphatic heterocycles. The average Bonchev–Trinajstić information content (AvgIpc) is 2.67. The summed E-state index contributed by atoms with van der Waals surface area (Å²) in [5, 5.41) is 0. The third-order valence-corrected chi connectivity index (χ3v) is 4.01. The fraction of sp³-hybridized carbons (Fsp3) is 0.467. The number of nitrogens with zero attached hydrogens (tertiary/aromatic N) is 2. The second-order valence-corrected chi connectivity index (χ2v) is 5.62. The van der Waals surface area contributed by atoms with Crippen molar-refractivity contribution in [3.05, 3.63) is 29.3 Å². The highest BCUT2D eigenvalue weighted by Crippen LogP contribution is 2.45. The van der Waals surface area contributed by atoms with Crippen LogP contribution >= 0.6 is 0 Å². The number of rotatable bonds is 3. The molecule has 0 N–H and O–H groups in total. The zero-order chi connectivity index (χ0) is 13.6. The van der Waals surface area contributed by atoms with Crippen LogP contribution in [-0.2, 0) is 4.79 Å². The highest BCUT2D eigenvalue weighted by Gasteiger charge is 2.39. The minimum Gasteiger partial charge on any atom is -0.311 e. The van der Waals surface area contributed by atoms with E-state index in [4.69, 9.17) is 0 Å². The van der Waals surface area contributed by atoms with E-state index in [9.17, 15) is 9.59 Å². The summed E-state index contributed by atoms with van der Waals surface area (Å²) in [4.78, 5) is 28.1. The highest BCUT2D eigenvalue weighted by atomic mass is 16.2. The lowest BCUT2D eigenvalue weighted by Gasteiger charge is -2.32. The SMILES string of the molecule is CN(C)CCN1C(=O)CC2CC(=O)c3cccc1c32. The van der Waals surface area contributed by atoms with Gasteiger partial charge in [-0.3, -0.25) is 9.59 Å². The van der Waals surface area contributed by atoms with Gasteiger partial charge in [0.1, 0.15) is 0 Å². The van der Waals surface area contributed by atoms with E-state index in [1.54, 1.807) is 0 Å². The van der Waals surface area contributed by atoms with E-state index in [1.165, 1.54) is 0 Å². The van der Waals surface area contributed by atoms with Gasteiger partial charge in [0.05, 0.1) is 0 Å². The van der Waals surface area contributed by atoms with E-state index in [1.807, 2.05) is 37.2 Å². The van der Waals surface area contributed by atoms with Gasteiger partial charge in [0, 0.05) is 43.1 Å². The lowest BCUT2D eigenvalue weighted by Crippen LogP contribution is -2.40. The normalized spacial score (nSPS) is 21.2. The van der Waals surface area contributed by atoms with E-state index in [0.717, 1.165) is 23.4 Å². The van der Waals surface area contributed by atoms with Gasteiger partial charge in [0.15, 0.2) is 5.78 Å². The Morgan fingerprint density at radius 2 is 2.05 bits per heavy atom. The number of benzene rings is 1. The number of anilines is 1. The summed E-state index contributed by atoms with van der Waals surface area (Å²) in [5.74, 6) is 0.442. The second kappa shape index (κ2) is 4.46. The van der Waals surface area contributed by atoms with Gasteiger partial charge in [-0.2, -0.15) is 0 Å². The number of amides is 1. The van der Waals surface area contributed by atoms with Crippen molar-refractivity contribution in [1.82, 2.24) is 4.90 Å². The molecular weight excluding hydrogens is 240 g/mol. The maximum atomic E-state index is 12.3. The first-order chi connectivity index (χ1) is 9.08. The van der Waals surface area contributed by atoms with Crippen LogP contribution in [0.2, 0.25) is 0 Å². The van der Waals surface area contributed by atoms with Crippen molar-refractivity contribution in [2.75, 3.05) is 32.1 Å². The molecule has 1 aliphatic carbocycles. The molecule has 100 valence electrons. The molecule has 1 amide bonds. The highest BCUT2D eigenvalue weighted by molar-refractivity contribution is 6.08. The Labute approximate surface area is 113 Å². The predicted octanol–water partition coefficient (Wildman–Crippen LogP) is 1.65. The molecule has 0 aromatic heterocycles. The van der Waals surface area contributed by atoms with Crippen LogP contribution in [0.5, 0.6) is 0 Å². The summed E-state index contributed by atoms with van der Waals surface area (Å²) in [5.41, 5.74) is 2.88. The molecule has 1 aromatic carbocycles. The standard InChI is InChI=1S/C15H18N2O2/c1-16(2)6-7-17-12-5-3-4-11-13(18)8-10(15(11)12)9-14(17)19/h3-5,10H,6-9H2,1-2H3. The van der Waals surface area contributed by atoms with Crippen LogP contribution in [0.3, 0.4) is 0 Å². The Bertz CT molecular complexity index is 551. The van der Waals surface area contributed by atoms with Gasteiger partial charge in [-0.05, 0) is 25.7 Å². The Hall–Kier alpha value is -1.68. The van der Waals surface area contributed by atoms with Crippen molar-refractivity contribution in [2.24, 2.45) is 0 Å². The Morgan fingerprint density at radius 1 is 1.26 bits per heavy atom. The van der Waals surface area contributed by atoms with Gasteiger partial charge in [-0.15, -0.1) is 0 Å². The number of ketones is 1. The molecular formula is C15H18N2O2. The average molecular weight is 258 g/mol. The zero-order valence-electron chi connectivity index (χ0n) is 11.3. The molecule has 0 fully saturated rings. The van der Waals surface area contributed by atoms with Crippen LogP contribution < -0.4 is 4.90 Å². The Balaban J connectivity index is 2.00. The quantitative estimate of drug-likeness (QED) is 0.828. The molecule has 4 heteroatoms. The predicted molar refractivity (Wildman–Crippen MR) is 73.7 cm³/mol.